The maximum atomic E-state index is 12.6. The van der Waals surface area contributed by atoms with E-state index in [1.54, 1.807) is 0 Å². The number of aromatic nitrogens is 1. The lowest BCUT2D eigenvalue weighted by atomic mass is 10.0. The highest BCUT2D eigenvalue weighted by Crippen LogP contribution is 2.32. The molecular weight excluding hydrogens is 372 g/mol. The Labute approximate surface area is 128 Å². The minimum Gasteiger partial charge on any atom is -0.350 e. The van der Waals surface area contributed by atoms with Crippen LogP contribution < -0.4 is 5.32 Å². The second-order valence-corrected chi connectivity index (χ2v) is 6.66. The van der Waals surface area contributed by atoms with Crippen LogP contribution in [0.3, 0.4) is 0 Å². The van der Waals surface area contributed by atoms with E-state index in [9.17, 15) is 4.79 Å². The third-order valence-corrected chi connectivity index (χ3v) is 5.52. The van der Waals surface area contributed by atoms with Crippen molar-refractivity contribution < 1.29 is 4.79 Å². The molecule has 5 heteroatoms. The van der Waals surface area contributed by atoms with Crippen molar-refractivity contribution in [2.45, 2.75) is 18.9 Å². The van der Waals surface area contributed by atoms with Crippen LogP contribution >= 0.6 is 31.9 Å². The number of fused-ring (bicyclic) bond motifs is 1. The second kappa shape index (κ2) is 5.04. The normalized spacial score (nSPS) is 19.2. The van der Waals surface area contributed by atoms with Crippen molar-refractivity contribution in [3.05, 3.63) is 32.8 Å². The number of hydrogen-bond donors (Lipinski definition) is 1. The van der Waals surface area contributed by atoms with Crippen LogP contribution in [0.1, 0.15) is 23.2 Å². The third-order valence-electron chi connectivity index (χ3n) is 3.67. The maximum absolute atomic E-state index is 12.6. The molecule has 0 bridgehead atoms. The van der Waals surface area contributed by atoms with Crippen LogP contribution in [-0.4, -0.2) is 22.9 Å². The molecule has 19 heavy (non-hydrogen) atoms. The fraction of sp³-hybridized carbons (Fsp3) is 0.357. The second-order valence-electron chi connectivity index (χ2n) is 4.95. The number of nitrogens with one attached hydrogen (secondary N) is 1. The molecule has 3 nitrogen and oxygen atoms in total. The Bertz CT molecular complexity index is 657. The molecule has 0 radical (unpaired) electrons. The summed E-state index contributed by atoms with van der Waals surface area (Å²) in [5.41, 5.74) is 1.88. The number of hydrogen-bond acceptors (Lipinski definition) is 2. The molecule has 1 aromatic heterocycles. The first-order valence-electron chi connectivity index (χ1n) is 6.29. The molecule has 1 N–H and O–H groups in total. The van der Waals surface area contributed by atoms with Gasteiger partial charge in [0.05, 0.1) is 6.04 Å². The van der Waals surface area contributed by atoms with Gasteiger partial charge in [-0.2, -0.15) is 0 Å². The molecule has 1 unspecified atom stereocenters. The molecule has 0 aliphatic carbocycles. The largest absolute Gasteiger partial charge is 0.350 e. The summed E-state index contributed by atoms with van der Waals surface area (Å²) in [6.45, 7) is 0.941. The number of rotatable bonds is 2. The van der Waals surface area contributed by atoms with Gasteiger partial charge in [-0.25, -0.2) is 0 Å². The van der Waals surface area contributed by atoms with E-state index in [0.717, 1.165) is 44.8 Å². The number of nitrogens with zero attached hydrogens (tertiary/aromatic N) is 1. The van der Waals surface area contributed by atoms with Crippen LogP contribution in [0.4, 0.5) is 0 Å². The summed E-state index contributed by atoms with van der Waals surface area (Å²) in [5.74, 6) is 0.206. The highest BCUT2D eigenvalue weighted by molar-refractivity contribution is 9.13. The van der Waals surface area contributed by atoms with Gasteiger partial charge in [-0.1, -0.05) is 0 Å². The predicted molar refractivity (Wildman–Crippen MR) is 83.7 cm³/mol. The Balaban J connectivity index is 2.13. The summed E-state index contributed by atoms with van der Waals surface area (Å²) < 4.78 is 3.98. The predicted octanol–water partition coefficient (Wildman–Crippen LogP) is 3.64. The van der Waals surface area contributed by atoms with Gasteiger partial charge in [0.2, 0.25) is 0 Å². The summed E-state index contributed by atoms with van der Waals surface area (Å²) in [4.78, 5) is 12.6. The fourth-order valence-electron chi connectivity index (χ4n) is 2.67. The van der Waals surface area contributed by atoms with Gasteiger partial charge in [0.25, 0.3) is 0 Å². The minimum atomic E-state index is -0.0203. The highest BCUT2D eigenvalue weighted by atomic mass is 79.9. The van der Waals surface area contributed by atoms with Crippen LogP contribution in [0, 0.1) is 0 Å². The van der Waals surface area contributed by atoms with Gasteiger partial charge < -0.3 is 9.88 Å². The third kappa shape index (κ3) is 2.28. The van der Waals surface area contributed by atoms with Gasteiger partial charge >= 0.3 is 0 Å². The lowest BCUT2D eigenvalue weighted by molar-refractivity contribution is 0.0954. The molecule has 2 heterocycles. The van der Waals surface area contributed by atoms with Gasteiger partial charge in [0.15, 0.2) is 5.78 Å². The van der Waals surface area contributed by atoms with Crippen LogP contribution in [0.25, 0.3) is 10.9 Å². The van der Waals surface area contributed by atoms with E-state index in [2.05, 4.69) is 37.2 Å². The zero-order chi connectivity index (χ0) is 13.6. The first-order chi connectivity index (χ1) is 9.08. The summed E-state index contributed by atoms with van der Waals surface area (Å²) >= 11 is 7.01. The smallest absolute Gasteiger partial charge is 0.181 e. The zero-order valence-corrected chi connectivity index (χ0v) is 13.7. The number of halogens is 2. The lowest BCUT2D eigenvalue weighted by Gasteiger charge is -2.08. The molecule has 100 valence electrons. The van der Waals surface area contributed by atoms with Crippen LogP contribution in [0.2, 0.25) is 0 Å². The van der Waals surface area contributed by atoms with Crippen molar-refractivity contribution in [1.82, 2.24) is 9.88 Å². The molecule has 1 saturated heterocycles. The van der Waals surface area contributed by atoms with Crippen molar-refractivity contribution in [2.75, 3.05) is 6.54 Å². The SMILES string of the molecule is Cn1cc(C(=O)C2CCCN2)c2cc(Br)c(Br)cc21. The monoisotopic (exact) mass is 384 g/mol. The zero-order valence-electron chi connectivity index (χ0n) is 10.5. The molecule has 1 aromatic carbocycles. The number of carbonyl (C=O) groups is 1. The van der Waals surface area contributed by atoms with E-state index in [1.807, 2.05) is 29.9 Å². The maximum Gasteiger partial charge on any atom is 0.181 e. The Morgan fingerprint density at radius 3 is 2.79 bits per heavy atom. The van der Waals surface area contributed by atoms with E-state index in [-0.39, 0.29) is 11.8 Å². The van der Waals surface area contributed by atoms with Gasteiger partial charge in [-0.15, -0.1) is 0 Å². The topological polar surface area (TPSA) is 34.0 Å². The molecule has 0 amide bonds. The van der Waals surface area contributed by atoms with Crippen molar-refractivity contribution in [1.29, 1.82) is 0 Å². The summed E-state index contributed by atoms with van der Waals surface area (Å²) in [6, 6.07) is 4.04. The molecule has 3 rings (SSSR count). The van der Waals surface area contributed by atoms with Crippen molar-refractivity contribution in [2.24, 2.45) is 7.05 Å². The quantitative estimate of drug-likeness (QED) is 0.800. The Morgan fingerprint density at radius 2 is 2.11 bits per heavy atom. The molecule has 2 aromatic rings. The molecular formula is C14H14Br2N2O. The van der Waals surface area contributed by atoms with E-state index in [0.29, 0.717) is 0 Å². The summed E-state index contributed by atoms with van der Waals surface area (Å²) in [6.07, 6.45) is 3.95. The number of Topliss-reactive ketones (excluding diaryl/α,β-unsaturated/α-hetero) is 1. The first kappa shape index (κ1) is 13.3. The standard InChI is InChI=1S/C14H14Br2N2O/c1-18-7-9(14(19)12-3-2-4-17-12)8-5-10(15)11(16)6-13(8)18/h5-7,12,17H,2-4H2,1H3. The minimum absolute atomic E-state index is 0.0203. The van der Waals surface area contributed by atoms with Crippen LogP contribution in [0.15, 0.2) is 27.3 Å². The summed E-state index contributed by atoms with van der Waals surface area (Å²) in [5, 5.41) is 4.29. The van der Waals surface area contributed by atoms with Crippen molar-refractivity contribution >= 4 is 48.5 Å². The van der Waals surface area contributed by atoms with Gasteiger partial charge in [-0.3, -0.25) is 4.79 Å². The Morgan fingerprint density at radius 1 is 1.37 bits per heavy atom. The number of ketones is 1. The van der Waals surface area contributed by atoms with E-state index in [1.165, 1.54) is 0 Å². The average molecular weight is 386 g/mol. The molecule has 1 fully saturated rings. The number of carbonyl (C=O) groups excluding carboxylic acids is 1. The van der Waals surface area contributed by atoms with Gasteiger partial charge in [-0.05, 0) is 63.4 Å². The Hall–Kier alpha value is -0.650. The van der Waals surface area contributed by atoms with Crippen LogP contribution in [-0.2, 0) is 7.05 Å². The number of benzene rings is 1. The average Bonchev–Trinajstić information content (AvgIpc) is 3.00. The molecule has 0 spiro atoms. The highest BCUT2D eigenvalue weighted by Gasteiger charge is 2.26. The van der Waals surface area contributed by atoms with E-state index in [4.69, 9.17) is 0 Å². The number of aryl methyl sites for hydroxylation is 1. The van der Waals surface area contributed by atoms with E-state index >= 15 is 0 Å². The Kier molecular flexibility index (Phi) is 3.53. The lowest BCUT2D eigenvalue weighted by Crippen LogP contribution is -2.30. The molecule has 1 atom stereocenters. The summed E-state index contributed by atoms with van der Waals surface area (Å²) in [7, 11) is 1.97. The van der Waals surface area contributed by atoms with Crippen molar-refractivity contribution in [3.63, 3.8) is 0 Å². The first-order valence-corrected chi connectivity index (χ1v) is 7.88. The van der Waals surface area contributed by atoms with E-state index < -0.39 is 0 Å². The van der Waals surface area contributed by atoms with Crippen molar-refractivity contribution in [3.8, 4) is 0 Å². The molecule has 1 aliphatic heterocycles. The molecule has 1 aliphatic rings. The fourth-order valence-corrected chi connectivity index (χ4v) is 3.34. The van der Waals surface area contributed by atoms with Crippen LogP contribution in [0.5, 0.6) is 0 Å². The van der Waals surface area contributed by atoms with Gasteiger partial charge in [0.1, 0.15) is 0 Å². The molecule has 0 saturated carbocycles. The van der Waals surface area contributed by atoms with Gasteiger partial charge in [0, 0.05) is 38.7 Å².